The summed E-state index contributed by atoms with van der Waals surface area (Å²) in [6.45, 7) is 4.92. The Labute approximate surface area is 132 Å². The van der Waals surface area contributed by atoms with E-state index in [0.717, 1.165) is 56.6 Å². The molecule has 1 aliphatic carbocycles. The van der Waals surface area contributed by atoms with Crippen LogP contribution in [0.4, 0.5) is 5.69 Å². The van der Waals surface area contributed by atoms with Gasteiger partial charge < -0.3 is 15.4 Å². The SMILES string of the molecule is CCCCOc1ccccc1NC(=O)C1CC12CCNCC2. The number of carbonyl (C=O) groups excluding carboxylic acids is 1. The zero-order valence-electron chi connectivity index (χ0n) is 13.4. The van der Waals surface area contributed by atoms with Crippen LogP contribution in [0, 0.1) is 11.3 Å². The van der Waals surface area contributed by atoms with Crippen LogP contribution < -0.4 is 15.4 Å². The summed E-state index contributed by atoms with van der Waals surface area (Å²) in [4.78, 5) is 12.5. The molecular weight excluding hydrogens is 276 g/mol. The van der Waals surface area contributed by atoms with Crippen molar-refractivity contribution in [3.63, 3.8) is 0 Å². The summed E-state index contributed by atoms with van der Waals surface area (Å²) in [6.07, 6.45) is 5.42. The van der Waals surface area contributed by atoms with Crippen LogP contribution >= 0.6 is 0 Å². The maximum atomic E-state index is 12.5. The maximum Gasteiger partial charge on any atom is 0.228 e. The van der Waals surface area contributed by atoms with Crippen LogP contribution in [0.5, 0.6) is 5.75 Å². The van der Waals surface area contributed by atoms with E-state index in [9.17, 15) is 4.79 Å². The van der Waals surface area contributed by atoms with Crippen LogP contribution in [0.25, 0.3) is 0 Å². The molecule has 1 saturated heterocycles. The lowest BCUT2D eigenvalue weighted by Crippen LogP contribution is -2.31. The van der Waals surface area contributed by atoms with Gasteiger partial charge in [-0.25, -0.2) is 0 Å². The smallest absolute Gasteiger partial charge is 0.228 e. The van der Waals surface area contributed by atoms with Gasteiger partial charge in [0.05, 0.1) is 12.3 Å². The van der Waals surface area contributed by atoms with Gasteiger partial charge in [0.1, 0.15) is 5.75 Å². The minimum absolute atomic E-state index is 0.161. The Hall–Kier alpha value is -1.55. The predicted molar refractivity (Wildman–Crippen MR) is 88.1 cm³/mol. The third kappa shape index (κ3) is 3.27. The average Bonchev–Trinajstić information content (AvgIpc) is 3.23. The number of rotatable bonds is 6. The number of piperidine rings is 1. The normalized spacial score (nSPS) is 22.3. The van der Waals surface area contributed by atoms with Crippen molar-refractivity contribution in [2.24, 2.45) is 11.3 Å². The summed E-state index contributed by atoms with van der Waals surface area (Å²) in [5.74, 6) is 1.12. The second-order valence-electron chi connectivity index (χ2n) is 6.56. The van der Waals surface area contributed by atoms with Crippen molar-refractivity contribution >= 4 is 11.6 Å². The van der Waals surface area contributed by atoms with Crippen LogP contribution in [-0.4, -0.2) is 25.6 Å². The minimum Gasteiger partial charge on any atom is -0.491 e. The summed E-state index contributed by atoms with van der Waals surface area (Å²) < 4.78 is 5.79. The monoisotopic (exact) mass is 302 g/mol. The molecule has 4 heteroatoms. The molecule has 0 radical (unpaired) electrons. The van der Waals surface area contributed by atoms with Gasteiger partial charge in [-0.2, -0.15) is 0 Å². The number of benzene rings is 1. The molecule has 2 fully saturated rings. The number of anilines is 1. The minimum atomic E-state index is 0.161. The number of unbranched alkanes of at least 4 members (excludes halogenated alkanes) is 1. The van der Waals surface area contributed by atoms with Gasteiger partial charge in [0.15, 0.2) is 0 Å². The van der Waals surface area contributed by atoms with E-state index in [1.165, 1.54) is 0 Å². The molecule has 0 aromatic heterocycles. The molecule has 22 heavy (non-hydrogen) atoms. The average molecular weight is 302 g/mol. The van der Waals surface area contributed by atoms with Gasteiger partial charge in [-0.15, -0.1) is 0 Å². The Morgan fingerprint density at radius 2 is 2.14 bits per heavy atom. The fourth-order valence-corrected chi connectivity index (χ4v) is 3.44. The zero-order chi connectivity index (χ0) is 15.4. The van der Waals surface area contributed by atoms with E-state index in [4.69, 9.17) is 4.74 Å². The largest absolute Gasteiger partial charge is 0.491 e. The maximum absolute atomic E-state index is 12.5. The first-order chi connectivity index (χ1) is 10.7. The van der Waals surface area contributed by atoms with Gasteiger partial charge in [-0.05, 0) is 56.3 Å². The van der Waals surface area contributed by atoms with Gasteiger partial charge in [0.2, 0.25) is 5.91 Å². The van der Waals surface area contributed by atoms with E-state index in [0.29, 0.717) is 6.61 Å². The summed E-state index contributed by atoms with van der Waals surface area (Å²) in [5.41, 5.74) is 1.08. The molecular formula is C18H26N2O2. The standard InChI is InChI=1S/C18H26N2O2/c1-2-3-12-22-16-7-5-4-6-15(16)20-17(21)14-13-18(14)8-10-19-11-9-18/h4-7,14,19H,2-3,8-13H2,1H3,(H,20,21). The first-order valence-electron chi connectivity index (χ1n) is 8.48. The van der Waals surface area contributed by atoms with Gasteiger partial charge in [-0.1, -0.05) is 25.5 Å². The third-order valence-electron chi connectivity index (χ3n) is 5.01. The lowest BCUT2D eigenvalue weighted by molar-refractivity contribution is -0.118. The van der Waals surface area contributed by atoms with E-state index < -0.39 is 0 Å². The Morgan fingerprint density at radius 3 is 2.91 bits per heavy atom. The second-order valence-corrected chi connectivity index (χ2v) is 6.56. The molecule has 0 bridgehead atoms. The van der Waals surface area contributed by atoms with Crippen molar-refractivity contribution in [2.75, 3.05) is 25.0 Å². The van der Waals surface area contributed by atoms with E-state index in [2.05, 4.69) is 17.6 Å². The van der Waals surface area contributed by atoms with Gasteiger partial charge in [-0.3, -0.25) is 4.79 Å². The van der Waals surface area contributed by atoms with Crippen molar-refractivity contribution in [3.8, 4) is 5.75 Å². The number of hydrogen-bond acceptors (Lipinski definition) is 3. The van der Waals surface area contributed by atoms with Crippen molar-refractivity contribution < 1.29 is 9.53 Å². The molecule has 120 valence electrons. The van der Waals surface area contributed by atoms with Crippen molar-refractivity contribution in [1.29, 1.82) is 0 Å². The molecule has 1 amide bonds. The fraction of sp³-hybridized carbons (Fsp3) is 0.611. The summed E-state index contributed by atoms with van der Waals surface area (Å²) in [7, 11) is 0. The second kappa shape index (κ2) is 6.69. The van der Waals surface area contributed by atoms with Gasteiger partial charge in [0, 0.05) is 5.92 Å². The highest BCUT2D eigenvalue weighted by Gasteiger charge is 2.57. The van der Waals surface area contributed by atoms with Crippen molar-refractivity contribution in [1.82, 2.24) is 5.32 Å². The number of nitrogens with one attached hydrogen (secondary N) is 2. The molecule has 1 atom stereocenters. The summed E-state index contributed by atoms with van der Waals surface area (Å²) in [6, 6.07) is 7.74. The molecule has 1 aromatic carbocycles. The van der Waals surface area contributed by atoms with Crippen molar-refractivity contribution in [2.45, 2.75) is 39.0 Å². The predicted octanol–water partition coefficient (Wildman–Crippen LogP) is 3.19. The van der Waals surface area contributed by atoms with Crippen LogP contribution in [0.3, 0.4) is 0 Å². The lowest BCUT2D eigenvalue weighted by atomic mass is 9.92. The van der Waals surface area contributed by atoms with Gasteiger partial charge in [0.25, 0.3) is 0 Å². The number of hydrogen-bond donors (Lipinski definition) is 2. The van der Waals surface area contributed by atoms with Crippen LogP contribution in [0.1, 0.15) is 39.0 Å². The highest BCUT2D eigenvalue weighted by Crippen LogP contribution is 2.58. The number of amides is 1. The first-order valence-corrected chi connectivity index (χ1v) is 8.48. The first kappa shape index (κ1) is 15.3. The third-order valence-corrected chi connectivity index (χ3v) is 5.01. The number of ether oxygens (including phenoxy) is 1. The van der Waals surface area contributed by atoms with Crippen molar-refractivity contribution in [3.05, 3.63) is 24.3 Å². The number of para-hydroxylation sites is 2. The Morgan fingerprint density at radius 1 is 1.36 bits per heavy atom. The number of carbonyl (C=O) groups is 1. The van der Waals surface area contributed by atoms with E-state index >= 15 is 0 Å². The van der Waals surface area contributed by atoms with Crippen LogP contribution in [0.2, 0.25) is 0 Å². The molecule has 2 aliphatic rings. The molecule has 1 heterocycles. The topological polar surface area (TPSA) is 50.4 Å². The molecule has 1 spiro atoms. The zero-order valence-corrected chi connectivity index (χ0v) is 13.4. The Bertz CT molecular complexity index is 524. The molecule has 3 rings (SSSR count). The lowest BCUT2D eigenvalue weighted by Gasteiger charge is -2.23. The molecule has 1 unspecified atom stereocenters. The van der Waals surface area contributed by atoms with E-state index in [1.807, 2.05) is 24.3 Å². The summed E-state index contributed by atoms with van der Waals surface area (Å²) >= 11 is 0. The molecule has 2 N–H and O–H groups in total. The molecule has 1 aliphatic heterocycles. The van der Waals surface area contributed by atoms with Gasteiger partial charge >= 0.3 is 0 Å². The highest BCUT2D eigenvalue weighted by molar-refractivity contribution is 5.96. The quantitative estimate of drug-likeness (QED) is 0.793. The van der Waals surface area contributed by atoms with Crippen LogP contribution in [-0.2, 0) is 4.79 Å². The summed E-state index contributed by atoms with van der Waals surface area (Å²) in [5, 5.41) is 6.46. The molecule has 4 nitrogen and oxygen atoms in total. The van der Waals surface area contributed by atoms with E-state index in [-0.39, 0.29) is 17.2 Å². The fourth-order valence-electron chi connectivity index (χ4n) is 3.44. The van der Waals surface area contributed by atoms with Crippen LogP contribution in [0.15, 0.2) is 24.3 Å². The molecule has 1 aromatic rings. The highest BCUT2D eigenvalue weighted by atomic mass is 16.5. The Kier molecular flexibility index (Phi) is 4.67. The Balaban J connectivity index is 1.60. The van der Waals surface area contributed by atoms with E-state index in [1.54, 1.807) is 0 Å². The molecule has 1 saturated carbocycles.